The van der Waals surface area contributed by atoms with Crippen LogP contribution in [-0.4, -0.2) is 9.55 Å². The van der Waals surface area contributed by atoms with Gasteiger partial charge in [0.25, 0.3) is 0 Å². The SMILES string of the molecule is C=C(C)/C=C\c1ncc(-c2ccc(NC(=C)/C=C\C=C/C)cc2)n1C.CC.CCCC(C)CCC. The van der Waals surface area contributed by atoms with E-state index in [1.165, 1.54) is 25.7 Å². The summed E-state index contributed by atoms with van der Waals surface area (Å²) in [5, 5.41) is 3.27. The molecule has 0 atom stereocenters. The van der Waals surface area contributed by atoms with Crippen LogP contribution in [0.25, 0.3) is 17.3 Å². The second-order valence-corrected chi connectivity index (χ2v) is 8.54. The van der Waals surface area contributed by atoms with Crippen LogP contribution >= 0.6 is 0 Å². The topological polar surface area (TPSA) is 29.9 Å². The van der Waals surface area contributed by atoms with Crippen LogP contribution in [0.2, 0.25) is 0 Å². The van der Waals surface area contributed by atoms with Crippen LogP contribution in [0, 0.1) is 5.92 Å². The highest BCUT2D eigenvalue weighted by Crippen LogP contribution is 2.23. The average molecular weight is 476 g/mol. The number of benzene rings is 1. The number of nitrogens with one attached hydrogen (secondary N) is 1. The van der Waals surface area contributed by atoms with Crippen LogP contribution in [-0.2, 0) is 7.05 Å². The Bertz CT molecular complexity index is 934. The van der Waals surface area contributed by atoms with Crippen LogP contribution in [0.15, 0.2) is 85.3 Å². The summed E-state index contributed by atoms with van der Waals surface area (Å²) in [6.45, 7) is 22.7. The maximum absolute atomic E-state index is 4.47. The lowest BCUT2D eigenvalue weighted by molar-refractivity contribution is 0.480. The van der Waals surface area contributed by atoms with Gasteiger partial charge in [-0.2, -0.15) is 0 Å². The molecule has 1 aromatic heterocycles. The summed E-state index contributed by atoms with van der Waals surface area (Å²) in [4.78, 5) is 4.47. The zero-order chi connectivity index (χ0) is 26.6. The molecule has 0 saturated carbocycles. The Morgan fingerprint density at radius 1 is 1.03 bits per heavy atom. The molecule has 2 aromatic rings. The van der Waals surface area contributed by atoms with E-state index in [2.05, 4.69) is 60.9 Å². The normalized spacial score (nSPS) is 10.9. The van der Waals surface area contributed by atoms with Gasteiger partial charge in [0, 0.05) is 18.4 Å². The molecule has 0 spiro atoms. The molecule has 0 fully saturated rings. The highest BCUT2D eigenvalue weighted by atomic mass is 15.1. The molecule has 3 heteroatoms. The monoisotopic (exact) mass is 475 g/mol. The van der Waals surface area contributed by atoms with Crippen molar-refractivity contribution in [3.63, 3.8) is 0 Å². The zero-order valence-electron chi connectivity index (χ0n) is 23.6. The van der Waals surface area contributed by atoms with Gasteiger partial charge in [-0.05, 0) is 49.6 Å². The maximum atomic E-state index is 4.47. The molecule has 1 heterocycles. The largest absolute Gasteiger partial charge is 0.356 e. The Labute approximate surface area is 216 Å². The van der Waals surface area contributed by atoms with E-state index in [1.807, 2.05) is 89.5 Å². The number of anilines is 1. The fraction of sp³-hybridized carbons (Fsp3) is 0.406. The minimum Gasteiger partial charge on any atom is -0.356 e. The van der Waals surface area contributed by atoms with E-state index >= 15 is 0 Å². The number of imidazole rings is 1. The number of hydrogen-bond donors (Lipinski definition) is 1. The van der Waals surface area contributed by atoms with Crippen molar-refractivity contribution in [3.8, 4) is 11.3 Å². The number of hydrogen-bond acceptors (Lipinski definition) is 2. The van der Waals surface area contributed by atoms with Crippen molar-refractivity contribution in [3.05, 3.63) is 91.1 Å². The number of rotatable bonds is 11. The first kappa shape index (κ1) is 31.9. The van der Waals surface area contributed by atoms with E-state index in [1.54, 1.807) is 0 Å². The van der Waals surface area contributed by atoms with Crippen molar-refractivity contribution in [1.29, 1.82) is 0 Å². The quantitative estimate of drug-likeness (QED) is 0.328. The van der Waals surface area contributed by atoms with Crippen molar-refractivity contribution in [2.45, 2.75) is 74.1 Å². The van der Waals surface area contributed by atoms with Gasteiger partial charge in [0.1, 0.15) is 5.82 Å². The van der Waals surface area contributed by atoms with Crippen molar-refractivity contribution in [2.75, 3.05) is 5.32 Å². The fourth-order valence-corrected chi connectivity index (χ4v) is 3.43. The molecule has 0 bridgehead atoms. The third kappa shape index (κ3) is 13.4. The van der Waals surface area contributed by atoms with E-state index in [0.29, 0.717) is 0 Å². The van der Waals surface area contributed by atoms with Gasteiger partial charge in [-0.25, -0.2) is 4.98 Å². The summed E-state index contributed by atoms with van der Waals surface area (Å²) in [6.07, 6.45) is 19.2. The van der Waals surface area contributed by atoms with Gasteiger partial charge in [-0.15, -0.1) is 0 Å². The van der Waals surface area contributed by atoms with Gasteiger partial charge >= 0.3 is 0 Å². The zero-order valence-corrected chi connectivity index (χ0v) is 23.6. The van der Waals surface area contributed by atoms with Crippen LogP contribution in [0.5, 0.6) is 0 Å². The maximum Gasteiger partial charge on any atom is 0.132 e. The third-order valence-electron chi connectivity index (χ3n) is 5.19. The molecule has 1 aromatic carbocycles. The lowest BCUT2D eigenvalue weighted by Gasteiger charge is -2.08. The standard InChI is InChI=1S/C22H25N3.C8H18.C2H6/c1-6-7-8-9-18(4)24-20-13-11-19(12-14-20)21-16-23-22(25(21)5)15-10-17(2)3;1-4-6-8(3)7-5-2;1-2/h6-16,24H,2,4H2,1,3,5H3;8H,4-7H2,1-3H3;1-2H3/b7-6-,9-8-,15-10-;;. The van der Waals surface area contributed by atoms with Gasteiger partial charge in [0.2, 0.25) is 0 Å². The summed E-state index contributed by atoms with van der Waals surface area (Å²) in [5.41, 5.74) is 5.04. The highest BCUT2D eigenvalue weighted by molar-refractivity contribution is 5.65. The summed E-state index contributed by atoms with van der Waals surface area (Å²) in [7, 11) is 2.01. The lowest BCUT2D eigenvalue weighted by Crippen LogP contribution is -1.96. The summed E-state index contributed by atoms with van der Waals surface area (Å²) in [5.74, 6) is 1.87. The molecule has 0 radical (unpaired) electrons. The Morgan fingerprint density at radius 2 is 1.63 bits per heavy atom. The van der Waals surface area contributed by atoms with Gasteiger partial charge in [0.05, 0.1) is 11.9 Å². The van der Waals surface area contributed by atoms with Crippen LogP contribution in [0.1, 0.15) is 80.0 Å². The molecule has 0 saturated heterocycles. The minimum absolute atomic E-state index is 0.846. The molecule has 35 heavy (non-hydrogen) atoms. The lowest BCUT2D eigenvalue weighted by atomic mass is 10.0. The smallest absolute Gasteiger partial charge is 0.132 e. The Kier molecular flexibility index (Phi) is 17.6. The number of nitrogens with zero attached hydrogens (tertiary/aromatic N) is 2. The van der Waals surface area contributed by atoms with Crippen molar-refractivity contribution < 1.29 is 0 Å². The van der Waals surface area contributed by atoms with Gasteiger partial charge < -0.3 is 9.88 Å². The molecular formula is C32H49N3. The van der Waals surface area contributed by atoms with Gasteiger partial charge in [-0.1, -0.05) is 115 Å². The molecule has 0 unspecified atom stereocenters. The Morgan fingerprint density at radius 3 is 2.14 bits per heavy atom. The minimum atomic E-state index is 0.846. The van der Waals surface area contributed by atoms with E-state index < -0.39 is 0 Å². The molecule has 0 aliphatic heterocycles. The highest BCUT2D eigenvalue weighted by Gasteiger charge is 2.06. The van der Waals surface area contributed by atoms with E-state index in [4.69, 9.17) is 0 Å². The molecular weight excluding hydrogens is 426 g/mol. The molecule has 0 aliphatic rings. The van der Waals surface area contributed by atoms with Gasteiger partial charge in [0.15, 0.2) is 0 Å². The van der Waals surface area contributed by atoms with E-state index in [-0.39, 0.29) is 0 Å². The van der Waals surface area contributed by atoms with Gasteiger partial charge in [-0.3, -0.25) is 0 Å². The third-order valence-corrected chi connectivity index (χ3v) is 5.19. The molecule has 192 valence electrons. The first-order valence-corrected chi connectivity index (χ1v) is 13.0. The first-order valence-electron chi connectivity index (χ1n) is 13.0. The second-order valence-electron chi connectivity index (χ2n) is 8.54. The average Bonchev–Trinajstić information content (AvgIpc) is 3.20. The van der Waals surface area contributed by atoms with Crippen molar-refractivity contribution >= 4 is 11.8 Å². The number of allylic oxidation sites excluding steroid dienone is 6. The van der Waals surface area contributed by atoms with Crippen LogP contribution < -0.4 is 5.32 Å². The predicted molar refractivity (Wildman–Crippen MR) is 160 cm³/mol. The Hall–Kier alpha value is -3.07. The second kappa shape index (κ2) is 19.3. The number of aromatic nitrogens is 2. The fourth-order valence-electron chi connectivity index (χ4n) is 3.43. The molecule has 2 rings (SSSR count). The Balaban J connectivity index is 0.000000982. The van der Waals surface area contributed by atoms with Crippen LogP contribution in [0.3, 0.4) is 0 Å². The van der Waals surface area contributed by atoms with Crippen molar-refractivity contribution in [1.82, 2.24) is 9.55 Å². The summed E-state index contributed by atoms with van der Waals surface area (Å²) < 4.78 is 2.07. The van der Waals surface area contributed by atoms with Crippen LogP contribution in [0.4, 0.5) is 5.69 Å². The predicted octanol–water partition coefficient (Wildman–Crippen LogP) is 9.98. The molecule has 0 amide bonds. The van der Waals surface area contributed by atoms with E-state index in [9.17, 15) is 0 Å². The molecule has 3 nitrogen and oxygen atoms in total. The molecule has 0 aliphatic carbocycles. The molecule has 1 N–H and O–H groups in total. The first-order chi connectivity index (χ1) is 16.8. The summed E-state index contributed by atoms with van der Waals surface area (Å²) >= 11 is 0. The van der Waals surface area contributed by atoms with Crippen molar-refractivity contribution in [2.24, 2.45) is 13.0 Å². The van der Waals surface area contributed by atoms with E-state index in [0.717, 1.165) is 40.0 Å². The summed E-state index contributed by atoms with van der Waals surface area (Å²) in [6, 6.07) is 8.24.